The van der Waals surface area contributed by atoms with Gasteiger partial charge >= 0.3 is 0 Å². The number of unbranched alkanes of at least 4 members (excludes halogenated alkanes) is 1. The molecule has 4 nitrogen and oxygen atoms in total. The first kappa shape index (κ1) is 19.3. The summed E-state index contributed by atoms with van der Waals surface area (Å²) in [5.41, 5.74) is 5.74. The Labute approximate surface area is 143 Å². The molecule has 0 aliphatic carbocycles. The molecule has 0 aromatic heterocycles. The van der Waals surface area contributed by atoms with Gasteiger partial charge in [-0.15, -0.1) is 24.0 Å². The maximum atomic E-state index is 5.81. The highest BCUT2D eigenvalue weighted by atomic mass is 127. The molecule has 0 saturated carbocycles. The average Bonchev–Trinajstić information content (AvgIpc) is 2.39. The minimum atomic E-state index is -0.0345. The molecule has 0 fully saturated rings. The van der Waals surface area contributed by atoms with E-state index in [4.69, 9.17) is 22.1 Å². The fourth-order valence-electron chi connectivity index (χ4n) is 1.46. The Morgan fingerprint density at radius 3 is 2.65 bits per heavy atom. The average molecular weight is 412 g/mol. The lowest BCUT2D eigenvalue weighted by molar-refractivity contribution is 0.230. The number of hydrogen-bond acceptors (Lipinski definition) is 2. The van der Waals surface area contributed by atoms with Crippen LogP contribution in [0, 0.1) is 0 Å². The normalized spacial score (nSPS) is 12.4. The zero-order valence-corrected chi connectivity index (χ0v) is 15.0. The highest BCUT2D eigenvalue weighted by Gasteiger charge is 2.03. The topological polar surface area (TPSA) is 59.6 Å². The molecule has 0 heterocycles. The number of nitrogens with one attached hydrogen (secondary N) is 1. The number of rotatable bonds is 7. The fourth-order valence-corrected chi connectivity index (χ4v) is 1.58. The van der Waals surface area contributed by atoms with Crippen LogP contribution in [0.2, 0.25) is 5.02 Å². The SMILES string of the molecule is CCCCNC(N)=NCC(C)Oc1ccc(Cl)cc1.I. The van der Waals surface area contributed by atoms with E-state index in [1.165, 1.54) is 0 Å². The molecule has 0 aliphatic heterocycles. The minimum absolute atomic E-state index is 0. The first-order valence-corrected chi connectivity index (χ1v) is 6.95. The minimum Gasteiger partial charge on any atom is -0.489 e. The van der Waals surface area contributed by atoms with E-state index in [-0.39, 0.29) is 30.1 Å². The van der Waals surface area contributed by atoms with Crippen molar-refractivity contribution in [1.29, 1.82) is 0 Å². The van der Waals surface area contributed by atoms with E-state index in [0.29, 0.717) is 17.5 Å². The molecular weight excluding hydrogens is 389 g/mol. The van der Waals surface area contributed by atoms with Gasteiger partial charge in [-0.25, -0.2) is 4.99 Å². The van der Waals surface area contributed by atoms with Crippen LogP contribution < -0.4 is 15.8 Å². The molecule has 0 aliphatic rings. The van der Waals surface area contributed by atoms with Crippen molar-refractivity contribution in [3.63, 3.8) is 0 Å². The number of nitrogens with two attached hydrogens (primary N) is 1. The van der Waals surface area contributed by atoms with Crippen LogP contribution in [-0.2, 0) is 0 Å². The number of hydrogen-bond donors (Lipinski definition) is 2. The van der Waals surface area contributed by atoms with Crippen LogP contribution in [0.15, 0.2) is 29.3 Å². The van der Waals surface area contributed by atoms with Crippen LogP contribution in [0.3, 0.4) is 0 Å². The number of benzene rings is 1. The van der Waals surface area contributed by atoms with E-state index in [0.717, 1.165) is 25.1 Å². The van der Waals surface area contributed by atoms with Gasteiger partial charge in [0.2, 0.25) is 0 Å². The van der Waals surface area contributed by atoms with Gasteiger partial charge in [0.05, 0.1) is 6.54 Å². The third-order valence-electron chi connectivity index (χ3n) is 2.51. The van der Waals surface area contributed by atoms with Crippen LogP contribution >= 0.6 is 35.6 Å². The Balaban J connectivity index is 0.00000361. The van der Waals surface area contributed by atoms with Crippen molar-refractivity contribution in [2.75, 3.05) is 13.1 Å². The van der Waals surface area contributed by atoms with Crippen LogP contribution in [0.25, 0.3) is 0 Å². The van der Waals surface area contributed by atoms with Gasteiger partial charge in [0.25, 0.3) is 0 Å². The summed E-state index contributed by atoms with van der Waals surface area (Å²) in [6, 6.07) is 7.28. The van der Waals surface area contributed by atoms with Crippen LogP contribution in [0.4, 0.5) is 0 Å². The summed E-state index contributed by atoms with van der Waals surface area (Å²) >= 11 is 5.81. The number of halogens is 2. The maximum absolute atomic E-state index is 5.81. The van der Waals surface area contributed by atoms with E-state index in [9.17, 15) is 0 Å². The number of guanidine groups is 1. The molecule has 6 heteroatoms. The van der Waals surface area contributed by atoms with Gasteiger partial charge in [0.15, 0.2) is 5.96 Å². The van der Waals surface area contributed by atoms with Gasteiger partial charge in [0.1, 0.15) is 11.9 Å². The van der Waals surface area contributed by atoms with E-state index in [1.54, 1.807) is 12.1 Å². The number of nitrogens with zero attached hydrogens (tertiary/aromatic N) is 1. The van der Waals surface area contributed by atoms with E-state index in [2.05, 4.69) is 17.2 Å². The first-order valence-electron chi connectivity index (χ1n) is 6.57. The van der Waals surface area contributed by atoms with Gasteiger partial charge in [-0.3, -0.25) is 0 Å². The van der Waals surface area contributed by atoms with Crippen molar-refractivity contribution in [3.8, 4) is 5.75 Å². The molecular formula is C14H23ClIN3O. The summed E-state index contributed by atoms with van der Waals surface area (Å²) in [6.07, 6.45) is 2.19. The predicted molar refractivity (Wildman–Crippen MR) is 96.4 cm³/mol. The summed E-state index contributed by atoms with van der Waals surface area (Å²) in [4.78, 5) is 4.24. The zero-order chi connectivity index (χ0) is 14.1. The third-order valence-corrected chi connectivity index (χ3v) is 2.76. The quantitative estimate of drug-likeness (QED) is 0.313. The number of aliphatic imine (C=N–C) groups is 1. The lowest BCUT2D eigenvalue weighted by Gasteiger charge is -2.13. The van der Waals surface area contributed by atoms with Crippen LogP contribution in [0.5, 0.6) is 5.75 Å². The van der Waals surface area contributed by atoms with Crippen molar-refractivity contribution in [3.05, 3.63) is 29.3 Å². The summed E-state index contributed by atoms with van der Waals surface area (Å²) in [5.74, 6) is 1.25. The Morgan fingerprint density at radius 2 is 2.05 bits per heavy atom. The molecule has 0 saturated heterocycles. The Hall–Kier alpha value is -0.690. The molecule has 3 N–H and O–H groups in total. The molecule has 0 amide bonds. The van der Waals surface area contributed by atoms with E-state index in [1.807, 2.05) is 19.1 Å². The molecule has 0 spiro atoms. The van der Waals surface area contributed by atoms with Gasteiger partial charge < -0.3 is 15.8 Å². The van der Waals surface area contributed by atoms with Crippen molar-refractivity contribution < 1.29 is 4.74 Å². The van der Waals surface area contributed by atoms with Gasteiger partial charge in [-0.2, -0.15) is 0 Å². The summed E-state index contributed by atoms with van der Waals surface area (Å²) < 4.78 is 5.70. The molecule has 1 rings (SSSR count). The third kappa shape index (κ3) is 8.47. The van der Waals surface area contributed by atoms with Crippen LogP contribution in [0.1, 0.15) is 26.7 Å². The molecule has 114 valence electrons. The summed E-state index contributed by atoms with van der Waals surface area (Å²) in [5, 5.41) is 3.76. The summed E-state index contributed by atoms with van der Waals surface area (Å²) in [7, 11) is 0. The second-order valence-corrected chi connectivity index (χ2v) is 4.83. The highest BCUT2D eigenvalue weighted by Crippen LogP contribution is 2.16. The van der Waals surface area contributed by atoms with Crippen molar-refractivity contribution in [2.24, 2.45) is 10.7 Å². The molecule has 20 heavy (non-hydrogen) atoms. The molecule has 1 aromatic carbocycles. The number of ether oxygens (including phenoxy) is 1. The van der Waals surface area contributed by atoms with E-state index >= 15 is 0 Å². The Morgan fingerprint density at radius 1 is 1.40 bits per heavy atom. The maximum Gasteiger partial charge on any atom is 0.188 e. The molecule has 1 unspecified atom stereocenters. The first-order chi connectivity index (χ1) is 9.11. The predicted octanol–water partition coefficient (Wildman–Crippen LogP) is 3.43. The lowest BCUT2D eigenvalue weighted by Crippen LogP contribution is -2.33. The Bertz CT molecular complexity index is 398. The van der Waals surface area contributed by atoms with Gasteiger partial charge in [-0.05, 0) is 37.6 Å². The molecule has 0 radical (unpaired) electrons. The second kappa shape index (κ2) is 11.0. The van der Waals surface area contributed by atoms with E-state index < -0.39 is 0 Å². The second-order valence-electron chi connectivity index (χ2n) is 4.39. The van der Waals surface area contributed by atoms with Crippen molar-refractivity contribution in [2.45, 2.75) is 32.8 Å². The fraction of sp³-hybridized carbons (Fsp3) is 0.500. The Kier molecular flexibility index (Phi) is 10.6. The zero-order valence-electron chi connectivity index (χ0n) is 11.9. The van der Waals surface area contributed by atoms with Crippen molar-refractivity contribution in [1.82, 2.24) is 5.32 Å². The molecule has 1 atom stereocenters. The summed E-state index contributed by atoms with van der Waals surface area (Å²) in [6.45, 7) is 5.47. The smallest absolute Gasteiger partial charge is 0.188 e. The van der Waals surface area contributed by atoms with Gasteiger partial charge in [-0.1, -0.05) is 24.9 Å². The molecule has 0 bridgehead atoms. The molecule has 1 aromatic rings. The highest BCUT2D eigenvalue weighted by molar-refractivity contribution is 14.0. The van der Waals surface area contributed by atoms with Gasteiger partial charge in [0, 0.05) is 11.6 Å². The lowest BCUT2D eigenvalue weighted by atomic mass is 10.3. The monoisotopic (exact) mass is 411 g/mol. The van der Waals surface area contributed by atoms with Crippen molar-refractivity contribution >= 4 is 41.5 Å². The standard InChI is InChI=1S/C14H22ClN3O.HI/c1-3-4-9-17-14(16)18-10-11(2)19-13-7-5-12(15)6-8-13;/h5-8,11H,3-4,9-10H2,1-2H3,(H3,16,17,18);1H. The van der Waals surface area contributed by atoms with Crippen LogP contribution in [-0.4, -0.2) is 25.2 Å². The largest absolute Gasteiger partial charge is 0.489 e.